The summed E-state index contributed by atoms with van der Waals surface area (Å²) in [5, 5.41) is 0. The lowest BCUT2D eigenvalue weighted by molar-refractivity contribution is 0.0335. The number of likely N-dealkylation sites (N-methyl/N-ethyl adjacent to an activating group) is 1. The van der Waals surface area contributed by atoms with Crippen molar-refractivity contribution in [1.29, 1.82) is 0 Å². The number of amides is 1. The number of carbonyl (C=O) groups is 1. The van der Waals surface area contributed by atoms with Gasteiger partial charge >= 0.3 is 0 Å². The Balaban J connectivity index is 1.73. The van der Waals surface area contributed by atoms with Crippen molar-refractivity contribution in [3.63, 3.8) is 0 Å². The van der Waals surface area contributed by atoms with Gasteiger partial charge in [-0.05, 0) is 45.4 Å². The van der Waals surface area contributed by atoms with E-state index in [1.165, 1.54) is 0 Å². The van der Waals surface area contributed by atoms with Gasteiger partial charge in [0.1, 0.15) is 5.82 Å². The van der Waals surface area contributed by atoms with Gasteiger partial charge in [0, 0.05) is 56.1 Å². The summed E-state index contributed by atoms with van der Waals surface area (Å²) in [5.41, 5.74) is 6.73. The van der Waals surface area contributed by atoms with Crippen LogP contribution < -0.4 is 10.6 Å². The Labute approximate surface area is 151 Å². The molecule has 1 aromatic rings. The first-order valence-corrected chi connectivity index (χ1v) is 9.51. The Morgan fingerprint density at radius 2 is 1.96 bits per heavy atom. The zero-order chi connectivity index (χ0) is 18.0. The van der Waals surface area contributed by atoms with Crippen LogP contribution in [-0.2, 0) is 0 Å². The van der Waals surface area contributed by atoms with Crippen LogP contribution in [0.15, 0.2) is 18.3 Å². The van der Waals surface area contributed by atoms with Gasteiger partial charge in [-0.15, -0.1) is 0 Å². The molecule has 2 N–H and O–H groups in total. The van der Waals surface area contributed by atoms with E-state index in [1.807, 2.05) is 17.0 Å². The number of hydrogen-bond acceptors (Lipinski definition) is 5. The number of aromatic nitrogens is 1. The average Bonchev–Trinajstić information content (AvgIpc) is 2.63. The summed E-state index contributed by atoms with van der Waals surface area (Å²) in [6.45, 7) is 11.1. The third-order valence-corrected chi connectivity index (χ3v) is 5.64. The van der Waals surface area contributed by atoms with Crippen LogP contribution in [0.5, 0.6) is 0 Å². The minimum atomic E-state index is 0.118. The van der Waals surface area contributed by atoms with Gasteiger partial charge in [0.05, 0.1) is 0 Å². The van der Waals surface area contributed by atoms with E-state index in [0.717, 1.165) is 56.9 Å². The van der Waals surface area contributed by atoms with Crippen molar-refractivity contribution in [2.75, 3.05) is 37.6 Å². The number of anilines is 1. The highest BCUT2D eigenvalue weighted by Crippen LogP contribution is 2.21. The van der Waals surface area contributed by atoms with Gasteiger partial charge in [-0.3, -0.25) is 9.69 Å². The SMILES string of the molecule is CCN1CC(C)N(C(=O)c2ccnc(N3CCC(N)CC3)c2)CC1C. The number of carbonyl (C=O) groups excluding carboxylic acids is 1. The molecule has 2 saturated heterocycles. The van der Waals surface area contributed by atoms with Crippen molar-refractivity contribution in [2.24, 2.45) is 5.73 Å². The Morgan fingerprint density at radius 1 is 1.24 bits per heavy atom. The number of pyridine rings is 1. The molecule has 6 heteroatoms. The molecule has 0 bridgehead atoms. The van der Waals surface area contributed by atoms with Crippen LogP contribution >= 0.6 is 0 Å². The topological polar surface area (TPSA) is 65.7 Å². The summed E-state index contributed by atoms with van der Waals surface area (Å²) in [6, 6.07) is 4.70. The molecule has 0 aliphatic carbocycles. The van der Waals surface area contributed by atoms with E-state index in [-0.39, 0.29) is 11.9 Å². The van der Waals surface area contributed by atoms with E-state index in [2.05, 4.69) is 35.6 Å². The highest BCUT2D eigenvalue weighted by atomic mass is 16.2. The van der Waals surface area contributed by atoms with Crippen molar-refractivity contribution < 1.29 is 4.79 Å². The Bertz CT molecular complexity index is 599. The molecule has 0 spiro atoms. The van der Waals surface area contributed by atoms with E-state index in [0.29, 0.717) is 12.1 Å². The molecule has 138 valence electrons. The van der Waals surface area contributed by atoms with Crippen molar-refractivity contribution in [3.8, 4) is 0 Å². The highest BCUT2D eigenvalue weighted by Gasteiger charge is 2.32. The van der Waals surface area contributed by atoms with Gasteiger partial charge in [-0.1, -0.05) is 6.92 Å². The summed E-state index contributed by atoms with van der Waals surface area (Å²) in [5.74, 6) is 1.01. The standard InChI is InChI=1S/C19H31N5O/c1-4-22-12-15(3)24(13-14(22)2)19(25)16-5-8-21-18(11-16)23-9-6-17(20)7-10-23/h5,8,11,14-15,17H,4,6-7,9-10,12-13,20H2,1-3H3. The number of piperidine rings is 1. The summed E-state index contributed by atoms with van der Waals surface area (Å²) in [6.07, 6.45) is 3.72. The first-order valence-electron chi connectivity index (χ1n) is 9.51. The van der Waals surface area contributed by atoms with Crippen LogP contribution in [0.1, 0.15) is 44.0 Å². The van der Waals surface area contributed by atoms with Gasteiger partial charge < -0.3 is 15.5 Å². The molecule has 2 atom stereocenters. The Morgan fingerprint density at radius 3 is 2.64 bits per heavy atom. The van der Waals surface area contributed by atoms with Crippen molar-refractivity contribution >= 4 is 11.7 Å². The molecule has 3 heterocycles. The lowest BCUT2D eigenvalue weighted by atomic mass is 10.1. The molecule has 1 amide bonds. The van der Waals surface area contributed by atoms with E-state index in [1.54, 1.807) is 6.20 Å². The highest BCUT2D eigenvalue weighted by molar-refractivity contribution is 5.95. The fourth-order valence-corrected chi connectivity index (χ4v) is 3.94. The Hall–Kier alpha value is -1.66. The number of hydrogen-bond donors (Lipinski definition) is 1. The van der Waals surface area contributed by atoms with Gasteiger partial charge in [0.25, 0.3) is 5.91 Å². The monoisotopic (exact) mass is 345 g/mol. The van der Waals surface area contributed by atoms with Crippen molar-refractivity contribution in [2.45, 2.75) is 51.7 Å². The maximum atomic E-state index is 13.1. The number of rotatable bonds is 3. The zero-order valence-corrected chi connectivity index (χ0v) is 15.7. The predicted molar refractivity (Wildman–Crippen MR) is 101 cm³/mol. The summed E-state index contributed by atoms with van der Waals surface area (Å²) >= 11 is 0. The van der Waals surface area contributed by atoms with E-state index < -0.39 is 0 Å². The van der Waals surface area contributed by atoms with Gasteiger partial charge in [-0.25, -0.2) is 4.98 Å². The molecule has 0 radical (unpaired) electrons. The van der Waals surface area contributed by atoms with Gasteiger partial charge in [0.2, 0.25) is 0 Å². The molecule has 2 aliphatic heterocycles. The quantitative estimate of drug-likeness (QED) is 0.901. The van der Waals surface area contributed by atoms with Crippen LogP contribution in [0.3, 0.4) is 0 Å². The normalized spacial score (nSPS) is 26.1. The molecule has 2 aliphatic rings. The average molecular weight is 345 g/mol. The molecule has 3 rings (SSSR count). The van der Waals surface area contributed by atoms with Crippen LogP contribution in [0.2, 0.25) is 0 Å². The van der Waals surface area contributed by atoms with E-state index in [9.17, 15) is 4.79 Å². The molecule has 1 aromatic heterocycles. The van der Waals surface area contributed by atoms with Crippen LogP contribution in [0, 0.1) is 0 Å². The third-order valence-electron chi connectivity index (χ3n) is 5.64. The molecule has 0 aromatic carbocycles. The predicted octanol–water partition coefficient (Wildman–Crippen LogP) is 1.56. The van der Waals surface area contributed by atoms with Crippen LogP contribution in [0.25, 0.3) is 0 Å². The maximum Gasteiger partial charge on any atom is 0.254 e. The number of nitrogens with two attached hydrogens (primary N) is 1. The van der Waals surface area contributed by atoms with Crippen molar-refractivity contribution in [3.05, 3.63) is 23.9 Å². The van der Waals surface area contributed by atoms with Crippen LogP contribution in [-0.4, -0.2) is 71.5 Å². The first-order chi connectivity index (χ1) is 12.0. The smallest absolute Gasteiger partial charge is 0.254 e. The minimum absolute atomic E-state index is 0.118. The van der Waals surface area contributed by atoms with E-state index in [4.69, 9.17) is 5.73 Å². The number of nitrogens with zero attached hydrogens (tertiary/aromatic N) is 4. The lowest BCUT2D eigenvalue weighted by Crippen LogP contribution is -2.57. The summed E-state index contributed by atoms with van der Waals surface area (Å²) in [7, 11) is 0. The second kappa shape index (κ2) is 7.70. The zero-order valence-electron chi connectivity index (χ0n) is 15.7. The minimum Gasteiger partial charge on any atom is -0.356 e. The first kappa shape index (κ1) is 18.1. The molecule has 0 saturated carbocycles. The summed E-state index contributed by atoms with van der Waals surface area (Å²) in [4.78, 5) is 24.2. The maximum absolute atomic E-state index is 13.1. The third kappa shape index (κ3) is 3.96. The second-order valence-electron chi connectivity index (χ2n) is 7.47. The molecule has 25 heavy (non-hydrogen) atoms. The summed E-state index contributed by atoms with van der Waals surface area (Å²) < 4.78 is 0. The second-order valence-corrected chi connectivity index (χ2v) is 7.47. The lowest BCUT2D eigenvalue weighted by Gasteiger charge is -2.43. The molecule has 2 fully saturated rings. The molecule has 6 nitrogen and oxygen atoms in total. The van der Waals surface area contributed by atoms with E-state index >= 15 is 0 Å². The number of piperazine rings is 1. The fourth-order valence-electron chi connectivity index (χ4n) is 3.94. The molecular weight excluding hydrogens is 314 g/mol. The van der Waals surface area contributed by atoms with Crippen LogP contribution in [0.4, 0.5) is 5.82 Å². The van der Waals surface area contributed by atoms with Crippen molar-refractivity contribution in [1.82, 2.24) is 14.8 Å². The molecular formula is C19H31N5O. The fraction of sp³-hybridized carbons (Fsp3) is 0.684. The van der Waals surface area contributed by atoms with Gasteiger partial charge in [-0.2, -0.15) is 0 Å². The molecule has 2 unspecified atom stereocenters. The Kier molecular flexibility index (Phi) is 5.59. The van der Waals surface area contributed by atoms with Gasteiger partial charge in [0.15, 0.2) is 0 Å². The largest absolute Gasteiger partial charge is 0.356 e.